The van der Waals surface area contributed by atoms with Crippen molar-refractivity contribution in [3.63, 3.8) is 0 Å². The average molecular weight is 175 g/mol. The molecular formula is C11H10FN. The van der Waals surface area contributed by atoms with Gasteiger partial charge in [0, 0.05) is 11.6 Å². The Labute approximate surface area is 76.2 Å². The maximum atomic E-state index is 13.2. The standard InChI is InChI=1S/C11H10FN/c1-2-8-3-4-9-5-6-13-11(12)10(9)7-8/h3-7H,2H2,1H3. The Kier molecular flexibility index (Phi) is 1.97. The number of aryl methyl sites for hydroxylation is 1. The van der Waals surface area contributed by atoms with E-state index < -0.39 is 0 Å². The molecule has 2 heteroatoms. The van der Waals surface area contributed by atoms with E-state index >= 15 is 0 Å². The molecule has 0 saturated carbocycles. The van der Waals surface area contributed by atoms with Crippen molar-refractivity contribution in [3.05, 3.63) is 42.0 Å². The van der Waals surface area contributed by atoms with E-state index in [1.165, 1.54) is 6.20 Å². The molecule has 0 aliphatic carbocycles. The number of rotatable bonds is 1. The summed E-state index contributed by atoms with van der Waals surface area (Å²) in [7, 11) is 0. The summed E-state index contributed by atoms with van der Waals surface area (Å²) in [6.07, 6.45) is 2.41. The van der Waals surface area contributed by atoms with Crippen molar-refractivity contribution < 1.29 is 4.39 Å². The molecule has 0 radical (unpaired) electrons. The molecule has 0 spiro atoms. The third-order valence-corrected chi connectivity index (χ3v) is 2.19. The molecule has 0 atom stereocenters. The van der Waals surface area contributed by atoms with E-state index in [-0.39, 0.29) is 5.95 Å². The van der Waals surface area contributed by atoms with Gasteiger partial charge in [0.05, 0.1) is 0 Å². The minimum absolute atomic E-state index is 0.382. The van der Waals surface area contributed by atoms with Gasteiger partial charge in [-0.05, 0) is 29.5 Å². The summed E-state index contributed by atoms with van der Waals surface area (Å²) in [6, 6.07) is 7.62. The highest BCUT2D eigenvalue weighted by atomic mass is 19.1. The van der Waals surface area contributed by atoms with E-state index in [1.54, 1.807) is 0 Å². The van der Waals surface area contributed by atoms with Crippen LogP contribution in [0.15, 0.2) is 30.5 Å². The van der Waals surface area contributed by atoms with Crippen LogP contribution in [0.25, 0.3) is 10.8 Å². The number of aromatic nitrogens is 1. The Morgan fingerprint density at radius 1 is 1.31 bits per heavy atom. The first-order valence-electron chi connectivity index (χ1n) is 4.34. The second-order valence-corrected chi connectivity index (χ2v) is 3.01. The van der Waals surface area contributed by atoms with E-state index in [1.807, 2.05) is 24.3 Å². The van der Waals surface area contributed by atoms with Crippen LogP contribution in [-0.4, -0.2) is 4.98 Å². The second kappa shape index (κ2) is 3.13. The van der Waals surface area contributed by atoms with Crippen LogP contribution in [0.3, 0.4) is 0 Å². The lowest BCUT2D eigenvalue weighted by Gasteiger charge is -2.00. The van der Waals surface area contributed by atoms with Crippen molar-refractivity contribution in [1.29, 1.82) is 0 Å². The minimum Gasteiger partial charge on any atom is -0.228 e. The van der Waals surface area contributed by atoms with Gasteiger partial charge in [0.1, 0.15) is 0 Å². The van der Waals surface area contributed by atoms with E-state index in [0.717, 1.165) is 17.4 Å². The van der Waals surface area contributed by atoms with Gasteiger partial charge in [-0.15, -0.1) is 0 Å². The van der Waals surface area contributed by atoms with Gasteiger partial charge in [0.2, 0.25) is 5.95 Å². The van der Waals surface area contributed by atoms with Crippen LogP contribution in [0, 0.1) is 5.95 Å². The Balaban J connectivity index is 2.74. The van der Waals surface area contributed by atoms with Crippen LogP contribution in [0.2, 0.25) is 0 Å². The highest BCUT2D eigenvalue weighted by Gasteiger charge is 2.00. The summed E-state index contributed by atoms with van der Waals surface area (Å²) >= 11 is 0. The zero-order chi connectivity index (χ0) is 9.26. The van der Waals surface area contributed by atoms with Gasteiger partial charge in [-0.3, -0.25) is 0 Å². The van der Waals surface area contributed by atoms with E-state index in [9.17, 15) is 4.39 Å². The molecule has 0 N–H and O–H groups in total. The number of hydrogen-bond donors (Lipinski definition) is 0. The summed E-state index contributed by atoms with van der Waals surface area (Å²) in [6.45, 7) is 2.05. The first kappa shape index (κ1) is 8.17. The van der Waals surface area contributed by atoms with Crippen molar-refractivity contribution in [2.75, 3.05) is 0 Å². The Morgan fingerprint density at radius 3 is 2.92 bits per heavy atom. The monoisotopic (exact) mass is 175 g/mol. The smallest absolute Gasteiger partial charge is 0.220 e. The van der Waals surface area contributed by atoms with Crippen LogP contribution < -0.4 is 0 Å². The van der Waals surface area contributed by atoms with Crippen molar-refractivity contribution in [2.24, 2.45) is 0 Å². The predicted molar refractivity (Wildman–Crippen MR) is 51.1 cm³/mol. The van der Waals surface area contributed by atoms with Crippen molar-refractivity contribution >= 4 is 10.8 Å². The van der Waals surface area contributed by atoms with Gasteiger partial charge < -0.3 is 0 Å². The van der Waals surface area contributed by atoms with Gasteiger partial charge in [-0.1, -0.05) is 19.1 Å². The fraction of sp³-hybridized carbons (Fsp3) is 0.182. The highest BCUT2D eigenvalue weighted by Crippen LogP contribution is 2.17. The summed E-state index contributed by atoms with van der Waals surface area (Å²) in [5.41, 5.74) is 1.14. The van der Waals surface area contributed by atoms with Crippen molar-refractivity contribution in [2.45, 2.75) is 13.3 Å². The van der Waals surface area contributed by atoms with Gasteiger partial charge in [-0.2, -0.15) is 4.39 Å². The quantitative estimate of drug-likeness (QED) is 0.607. The number of fused-ring (bicyclic) bond motifs is 1. The molecule has 1 aromatic heterocycles. The van der Waals surface area contributed by atoms with E-state index in [2.05, 4.69) is 11.9 Å². The molecule has 0 amide bonds. The molecule has 13 heavy (non-hydrogen) atoms. The van der Waals surface area contributed by atoms with Crippen molar-refractivity contribution in [1.82, 2.24) is 4.98 Å². The minimum atomic E-state index is -0.382. The topological polar surface area (TPSA) is 12.9 Å². The Morgan fingerprint density at radius 2 is 2.15 bits per heavy atom. The molecule has 2 aromatic rings. The second-order valence-electron chi connectivity index (χ2n) is 3.01. The Bertz CT molecular complexity index is 437. The molecule has 1 heterocycles. The normalized spacial score (nSPS) is 10.6. The number of hydrogen-bond acceptors (Lipinski definition) is 1. The van der Waals surface area contributed by atoms with Crippen LogP contribution in [0.5, 0.6) is 0 Å². The fourth-order valence-electron chi connectivity index (χ4n) is 1.40. The van der Waals surface area contributed by atoms with E-state index in [0.29, 0.717) is 5.39 Å². The van der Waals surface area contributed by atoms with E-state index in [4.69, 9.17) is 0 Å². The molecule has 0 aliphatic rings. The van der Waals surface area contributed by atoms with Crippen LogP contribution in [0.4, 0.5) is 4.39 Å². The summed E-state index contributed by atoms with van der Waals surface area (Å²) in [5, 5.41) is 1.52. The molecule has 0 aliphatic heterocycles. The molecule has 0 unspecified atom stereocenters. The lowest BCUT2D eigenvalue weighted by atomic mass is 10.1. The highest BCUT2D eigenvalue weighted by molar-refractivity contribution is 5.82. The van der Waals surface area contributed by atoms with Crippen LogP contribution in [0.1, 0.15) is 12.5 Å². The predicted octanol–water partition coefficient (Wildman–Crippen LogP) is 2.94. The zero-order valence-electron chi connectivity index (χ0n) is 7.42. The number of nitrogens with zero attached hydrogens (tertiary/aromatic N) is 1. The molecule has 0 fully saturated rings. The first-order chi connectivity index (χ1) is 6.31. The first-order valence-corrected chi connectivity index (χ1v) is 4.34. The maximum Gasteiger partial charge on any atom is 0.220 e. The summed E-state index contributed by atoms with van der Waals surface area (Å²) in [4.78, 5) is 3.62. The van der Waals surface area contributed by atoms with Crippen molar-refractivity contribution in [3.8, 4) is 0 Å². The van der Waals surface area contributed by atoms with Crippen LogP contribution >= 0.6 is 0 Å². The molecule has 1 nitrogen and oxygen atoms in total. The molecule has 0 saturated heterocycles. The van der Waals surface area contributed by atoms with Crippen LogP contribution in [-0.2, 0) is 6.42 Å². The Hall–Kier alpha value is -1.44. The number of halogens is 1. The molecule has 66 valence electrons. The molecule has 2 rings (SSSR count). The fourth-order valence-corrected chi connectivity index (χ4v) is 1.40. The average Bonchev–Trinajstić information content (AvgIpc) is 2.18. The largest absolute Gasteiger partial charge is 0.228 e. The molecular weight excluding hydrogens is 165 g/mol. The maximum absolute atomic E-state index is 13.2. The molecule has 1 aromatic carbocycles. The number of pyridine rings is 1. The lowest BCUT2D eigenvalue weighted by molar-refractivity contribution is 0.596. The third-order valence-electron chi connectivity index (χ3n) is 2.19. The van der Waals surface area contributed by atoms with Gasteiger partial charge in [-0.25, -0.2) is 4.98 Å². The van der Waals surface area contributed by atoms with Gasteiger partial charge in [0.15, 0.2) is 0 Å². The molecule has 0 bridgehead atoms. The lowest BCUT2D eigenvalue weighted by Crippen LogP contribution is -1.86. The zero-order valence-corrected chi connectivity index (χ0v) is 7.42. The number of benzene rings is 1. The summed E-state index contributed by atoms with van der Waals surface area (Å²) in [5.74, 6) is -0.382. The third kappa shape index (κ3) is 1.39. The van der Waals surface area contributed by atoms with Gasteiger partial charge >= 0.3 is 0 Å². The summed E-state index contributed by atoms with van der Waals surface area (Å²) < 4.78 is 13.2. The van der Waals surface area contributed by atoms with Gasteiger partial charge in [0.25, 0.3) is 0 Å². The SMILES string of the molecule is CCc1ccc2ccnc(F)c2c1.